The molecule has 2 aromatic rings. The maximum absolute atomic E-state index is 11.0. The van der Waals surface area contributed by atoms with Gasteiger partial charge in [-0.25, -0.2) is 4.79 Å². The fourth-order valence-electron chi connectivity index (χ4n) is 2.77. The topological polar surface area (TPSA) is 49.3 Å². The highest BCUT2D eigenvalue weighted by atomic mass is 16.4. The standard InChI is InChI=1S/C22H27NO2/c1-14-13-20(15(2)11-18(14)12-16(3)21(24)25)17-7-9-19(10-8-17)23-22(4,5)6/h7-13,23H,1-6H3,(H,24,25)/b16-12+. The molecule has 25 heavy (non-hydrogen) atoms. The number of rotatable bonds is 4. The lowest BCUT2D eigenvalue weighted by Gasteiger charge is -2.22. The monoisotopic (exact) mass is 337 g/mol. The van der Waals surface area contributed by atoms with E-state index in [1.165, 1.54) is 5.56 Å². The molecule has 0 aliphatic rings. The van der Waals surface area contributed by atoms with E-state index < -0.39 is 5.97 Å². The minimum atomic E-state index is -0.886. The SMILES string of the molecule is C/C(=C\c1cc(C)c(-c2ccc(NC(C)(C)C)cc2)cc1C)C(=O)O. The summed E-state index contributed by atoms with van der Waals surface area (Å²) in [4.78, 5) is 11.0. The van der Waals surface area contributed by atoms with E-state index in [-0.39, 0.29) is 5.54 Å². The second-order valence-electron chi connectivity index (χ2n) is 7.61. The highest BCUT2D eigenvalue weighted by Crippen LogP contribution is 2.29. The Labute approximate surface area is 150 Å². The van der Waals surface area contributed by atoms with Crippen LogP contribution < -0.4 is 5.32 Å². The zero-order chi connectivity index (χ0) is 18.8. The van der Waals surface area contributed by atoms with Crippen molar-refractivity contribution in [2.45, 2.75) is 47.1 Å². The summed E-state index contributed by atoms with van der Waals surface area (Å²) in [6.45, 7) is 12.1. The molecule has 0 unspecified atom stereocenters. The summed E-state index contributed by atoms with van der Waals surface area (Å²) in [6.07, 6.45) is 1.73. The van der Waals surface area contributed by atoms with Crippen molar-refractivity contribution in [3.63, 3.8) is 0 Å². The molecule has 0 bridgehead atoms. The molecule has 3 nitrogen and oxygen atoms in total. The molecule has 0 heterocycles. The molecule has 3 heteroatoms. The number of carboxylic acid groups (broad SMARTS) is 1. The molecule has 0 amide bonds. The van der Waals surface area contributed by atoms with Gasteiger partial charge in [0.15, 0.2) is 0 Å². The number of hydrogen-bond acceptors (Lipinski definition) is 2. The van der Waals surface area contributed by atoms with Gasteiger partial charge < -0.3 is 10.4 Å². The van der Waals surface area contributed by atoms with Crippen LogP contribution in [0.25, 0.3) is 17.2 Å². The van der Waals surface area contributed by atoms with Gasteiger partial charge in [0.25, 0.3) is 0 Å². The summed E-state index contributed by atoms with van der Waals surface area (Å²) in [5.41, 5.74) is 6.95. The molecular formula is C22H27NO2. The van der Waals surface area contributed by atoms with E-state index in [1.54, 1.807) is 13.0 Å². The zero-order valence-corrected chi connectivity index (χ0v) is 15.9. The van der Waals surface area contributed by atoms with Crippen LogP contribution >= 0.6 is 0 Å². The molecule has 132 valence electrons. The highest BCUT2D eigenvalue weighted by Gasteiger charge is 2.10. The van der Waals surface area contributed by atoms with E-state index in [0.717, 1.165) is 27.9 Å². The van der Waals surface area contributed by atoms with Gasteiger partial charge in [0.2, 0.25) is 0 Å². The van der Waals surface area contributed by atoms with E-state index in [0.29, 0.717) is 5.57 Å². The van der Waals surface area contributed by atoms with Gasteiger partial charge in [-0.2, -0.15) is 0 Å². The Kier molecular flexibility index (Phi) is 5.36. The zero-order valence-electron chi connectivity index (χ0n) is 15.9. The van der Waals surface area contributed by atoms with Crippen LogP contribution in [0.3, 0.4) is 0 Å². The third-order valence-corrected chi connectivity index (χ3v) is 4.04. The Morgan fingerprint density at radius 1 is 1.04 bits per heavy atom. The molecule has 0 aliphatic heterocycles. The van der Waals surface area contributed by atoms with Crippen LogP contribution in [0, 0.1) is 13.8 Å². The first-order valence-electron chi connectivity index (χ1n) is 8.48. The van der Waals surface area contributed by atoms with Crippen molar-refractivity contribution >= 4 is 17.7 Å². The molecule has 0 saturated heterocycles. The third kappa shape index (κ3) is 4.96. The van der Waals surface area contributed by atoms with Crippen molar-refractivity contribution in [3.05, 3.63) is 58.7 Å². The van der Waals surface area contributed by atoms with Gasteiger partial charge in [-0.15, -0.1) is 0 Å². The summed E-state index contributed by atoms with van der Waals surface area (Å²) >= 11 is 0. The van der Waals surface area contributed by atoms with Gasteiger partial charge in [0.05, 0.1) is 0 Å². The maximum atomic E-state index is 11.0. The Bertz CT molecular complexity index is 809. The summed E-state index contributed by atoms with van der Waals surface area (Å²) < 4.78 is 0. The number of aliphatic carboxylic acids is 1. The van der Waals surface area contributed by atoms with E-state index >= 15 is 0 Å². The van der Waals surface area contributed by atoms with Gasteiger partial charge in [-0.1, -0.05) is 24.3 Å². The van der Waals surface area contributed by atoms with Crippen molar-refractivity contribution in [1.29, 1.82) is 0 Å². The predicted octanol–water partition coefficient (Wildman–Crippen LogP) is 5.67. The van der Waals surface area contributed by atoms with Crippen molar-refractivity contribution in [1.82, 2.24) is 0 Å². The highest BCUT2D eigenvalue weighted by molar-refractivity contribution is 5.92. The van der Waals surface area contributed by atoms with Crippen LogP contribution in [0.15, 0.2) is 42.0 Å². The smallest absolute Gasteiger partial charge is 0.331 e. The number of carboxylic acids is 1. The molecular weight excluding hydrogens is 310 g/mol. The van der Waals surface area contributed by atoms with Crippen LogP contribution in [0.4, 0.5) is 5.69 Å². The molecule has 2 rings (SSSR count). The Balaban J connectivity index is 2.36. The molecule has 2 N–H and O–H groups in total. The molecule has 0 fully saturated rings. The van der Waals surface area contributed by atoms with Crippen molar-refractivity contribution in [2.75, 3.05) is 5.32 Å². The normalized spacial score (nSPS) is 12.2. The van der Waals surface area contributed by atoms with Crippen LogP contribution in [-0.2, 0) is 4.79 Å². The average Bonchev–Trinajstić information content (AvgIpc) is 2.49. The second-order valence-corrected chi connectivity index (χ2v) is 7.61. The van der Waals surface area contributed by atoms with Crippen molar-refractivity contribution < 1.29 is 9.90 Å². The van der Waals surface area contributed by atoms with E-state index in [1.807, 2.05) is 6.92 Å². The minimum Gasteiger partial charge on any atom is -0.478 e. The number of benzene rings is 2. The number of anilines is 1. The largest absolute Gasteiger partial charge is 0.478 e. The van der Waals surface area contributed by atoms with Gasteiger partial charge in [-0.05, 0) is 87.6 Å². The fourth-order valence-corrected chi connectivity index (χ4v) is 2.77. The molecule has 2 aromatic carbocycles. The minimum absolute atomic E-state index is 0.0318. The summed E-state index contributed by atoms with van der Waals surface area (Å²) in [5, 5.41) is 12.5. The van der Waals surface area contributed by atoms with Crippen LogP contribution in [0.2, 0.25) is 0 Å². The van der Waals surface area contributed by atoms with Crippen LogP contribution in [-0.4, -0.2) is 16.6 Å². The summed E-state index contributed by atoms with van der Waals surface area (Å²) in [7, 11) is 0. The van der Waals surface area contributed by atoms with E-state index in [9.17, 15) is 4.79 Å². The Morgan fingerprint density at radius 3 is 2.16 bits per heavy atom. The Hall–Kier alpha value is -2.55. The average molecular weight is 337 g/mol. The molecule has 0 radical (unpaired) electrons. The molecule has 0 aliphatic carbocycles. The van der Waals surface area contributed by atoms with Crippen molar-refractivity contribution in [3.8, 4) is 11.1 Å². The van der Waals surface area contributed by atoms with Crippen molar-refractivity contribution in [2.24, 2.45) is 0 Å². The Morgan fingerprint density at radius 2 is 1.64 bits per heavy atom. The quantitative estimate of drug-likeness (QED) is 0.707. The first-order valence-corrected chi connectivity index (χ1v) is 8.48. The first-order chi connectivity index (χ1) is 11.6. The maximum Gasteiger partial charge on any atom is 0.331 e. The van der Waals surface area contributed by atoms with Crippen LogP contribution in [0.5, 0.6) is 0 Å². The van der Waals surface area contributed by atoms with Gasteiger partial charge in [0.1, 0.15) is 0 Å². The number of aryl methyl sites for hydroxylation is 2. The van der Waals surface area contributed by atoms with Gasteiger partial charge in [0, 0.05) is 16.8 Å². The van der Waals surface area contributed by atoms with Gasteiger partial charge >= 0.3 is 5.97 Å². The number of nitrogens with one attached hydrogen (secondary N) is 1. The lowest BCUT2D eigenvalue weighted by molar-refractivity contribution is -0.132. The molecule has 0 aromatic heterocycles. The second kappa shape index (κ2) is 7.14. The number of hydrogen-bond donors (Lipinski definition) is 2. The predicted molar refractivity (Wildman–Crippen MR) is 106 cm³/mol. The van der Waals surface area contributed by atoms with E-state index in [2.05, 4.69) is 69.4 Å². The lowest BCUT2D eigenvalue weighted by Crippen LogP contribution is -2.25. The first kappa shape index (κ1) is 18.8. The van der Waals surface area contributed by atoms with E-state index in [4.69, 9.17) is 5.11 Å². The van der Waals surface area contributed by atoms with Crippen LogP contribution in [0.1, 0.15) is 44.4 Å². The molecule has 0 atom stereocenters. The van der Waals surface area contributed by atoms with Gasteiger partial charge in [-0.3, -0.25) is 0 Å². The number of carbonyl (C=O) groups is 1. The lowest BCUT2D eigenvalue weighted by atomic mass is 9.94. The summed E-state index contributed by atoms with van der Waals surface area (Å²) in [5.74, 6) is -0.886. The summed E-state index contributed by atoms with van der Waals surface area (Å²) in [6, 6.07) is 12.6. The fraction of sp³-hybridized carbons (Fsp3) is 0.318. The third-order valence-electron chi connectivity index (χ3n) is 4.04. The molecule has 0 saturated carbocycles. The molecule has 0 spiro atoms.